The quantitative estimate of drug-likeness (QED) is 0.744. The summed E-state index contributed by atoms with van der Waals surface area (Å²) in [4.78, 5) is 16.8. The second kappa shape index (κ2) is 6.99. The molecule has 1 aromatic rings. The molecule has 17 heavy (non-hydrogen) atoms. The van der Waals surface area contributed by atoms with Gasteiger partial charge in [0.1, 0.15) is 5.01 Å². The summed E-state index contributed by atoms with van der Waals surface area (Å²) in [6.07, 6.45) is 2.16. The first-order chi connectivity index (χ1) is 8.13. The lowest BCUT2D eigenvalue weighted by Gasteiger charge is -2.10. The Kier molecular flexibility index (Phi) is 5.60. The maximum absolute atomic E-state index is 11.4. The van der Waals surface area contributed by atoms with E-state index in [0.29, 0.717) is 13.0 Å². The molecule has 1 unspecified atom stereocenters. The minimum Gasteiger partial charge on any atom is -0.354 e. The van der Waals surface area contributed by atoms with Crippen LogP contribution < -0.4 is 10.6 Å². The van der Waals surface area contributed by atoms with E-state index in [1.807, 2.05) is 26.1 Å². The van der Waals surface area contributed by atoms with E-state index in [1.54, 1.807) is 11.3 Å². The van der Waals surface area contributed by atoms with Gasteiger partial charge in [-0.3, -0.25) is 10.1 Å². The zero-order valence-corrected chi connectivity index (χ0v) is 10.8. The van der Waals surface area contributed by atoms with Crippen LogP contribution in [0.3, 0.4) is 0 Å². The van der Waals surface area contributed by atoms with E-state index in [2.05, 4.69) is 15.6 Å². The summed E-state index contributed by atoms with van der Waals surface area (Å²) >= 11 is 1.62. The molecule has 0 spiro atoms. The van der Waals surface area contributed by atoms with Crippen molar-refractivity contribution >= 4 is 17.2 Å². The van der Waals surface area contributed by atoms with Crippen LogP contribution in [-0.4, -0.2) is 24.0 Å². The van der Waals surface area contributed by atoms with Gasteiger partial charge in [-0.25, -0.2) is 4.98 Å². The number of hydrogen-bond donors (Lipinski definition) is 2. The molecular formula is C11H16N4OS. The van der Waals surface area contributed by atoms with Crippen molar-refractivity contribution in [2.45, 2.75) is 26.3 Å². The van der Waals surface area contributed by atoms with Gasteiger partial charge in [0.15, 0.2) is 0 Å². The molecule has 0 aliphatic rings. The zero-order chi connectivity index (χ0) is 12.7. The van der Waals surface area contributed by atoms with Crippen molar-refractivity contribution in [1.29, 1.82) is 5.26 Å². The number of nitrogens with zero attached hydrogens (tertiary/aromatic N) is 2. The van der Waals surface area contributed by atoms with Crippen LogP contribution in [-0.2, 0) is 4.79 Å². The van der Waals surface area contributed by atoms with E-state index >= 15 is 0 Å². The topological polar surface area (TPSA) is 77.8 Å². The van der Waals surface area contributed by atoms with Crippen LogP contribution in [0, 0.1) is 18.3 Å². The highest BCUT2D eigenvalue weighted by atomic mass is 32.1. The van der Waals surface area contributed by atoms with Gasteiger partial charge >= 0.3 is 0 Å². The molecule has 0 radical (unpaired) electrons. The highest BCUT2D eigenvalue weighted by Crippen LogP contribution is 2.18. The number of aromatic nitrogens is 1. The molecule has 1 atom stereocenters. The zero-order valence-electron chi connectivity index (χ0n) is 9.99. The molecule has 1 rings (SSSR count). The fourth-order valence-electron chi connectivity index (χ4n) is 1.23. The van der Waals surface area contributed by atoms with Crippen LogP contribution in [0.15, 0.2) is 6.20 Å². The lowest BCUT2D eigenvalue weighted by Crippen LogP contribution is -2.35. The molecule has 0 bridgehead atoms. The van der Waals surface area contributed by atoms with Gasteiger partial charge in [-0.1, -0.05) is 0 Å². The van der Waals surface area contributed by atoms with Crippen LogP contribution in [0.5, 0.6) is 0 Å². The normalized spacial score (nSPS) is 11.8. The third-order valence-electron chi connectivity index (χ3n) is 2.14. The van der Waals surface area contributed by atoms with Crippen molar-refractivity contribution in [1.82, 2.24) is 15.6 Å². The Labute approximate surface area is 105 Å². The fraction of sp³-hybridized carbons (Fsp3) is 0.545. The first kappa shape index (κ1) is 13.6. The molecule has 1 heterocycles. The van der Waals surface area contributed by atoms with E-state index in [4.69, 9.17) is 5.26 Å². The van der Waals surface area contributed by atoms with Gasteiger partial charge in [0.25, 0.3) is 0 Å². The average Bonchev–Trinajstić information content (AvgIpc) is 2.73. The number of carbonyl (C=O) groups excluding carboxylic acids is 1. The van der Waals surface area contributed by atoms with E-state index in [9.17, 15) is 4.79 Å². The van der Waals surface area contributed by atoms with Gasteiger partial charge in [0, 0.05) is 17.6 Å². The predicted octanol–water partition coefficient (Wildman–Crippen LogP) is 1.13. The Bertz CT molecular complexity index is 410. The van der Waals surface area contributed by atoms with Crippen molar-refractivity contribution in [2.75, 3.05) is 13.1 Å². The number of thiazole rings is 1. The van der Waals surface area contributed by atoms with Gasteiger partial charge < -0.3 is 5.32 Å². The molecule has 0 aliphatic heterocycles. The van der Waals surface area contributed by atoms with Crippen LogP contribution in [0.1, 0.15) is 29.3 Å². The SMILES string of the molecule is Cc1cnc(C(C)NCC(=O)NCCC#N)s1. The first-order valence-electron chi connectivity index (χ1n) is 5.43. The van der Waals surface area contributed by atoms with Crippen molar-refractivity contribution in [3.63, 3.8) is 0 Å². The number of amides is 1. The summed E-state index contributed by atoms with van der Waals surface area (Å²) < 4.78 is 0. The molecule has 0 saturated carbocycles. The van der Waals surface area contributed by atoms with Crippen molar-refractivity contribution in [3.8, 4) is 6.07 Å². The molecule has 6 heteroatoms. The molecule has 5 nitrogen and oxygen atoms in total. The minimum atomic E-state index is -0.0969. The molecule has 0 aliphatic carbocycles. The lowest BCUT2D eigenvalue weighted by atomic mass is 10.3. The fourth-order valence-corrected chi connectivity index (χ4v) is 2.03. The molecule has 0 saturated heterocycles. The Morgan fingerprint density at radius 1 is 1.71 bits per heavy atom. The molecule has 0 aromatic carbocycles. The van der Waals surface area contributed by atoms with Gasteiger partial charge in [0.2, 0.25) is 5.91 Å². The summed E-state index contributed by atoms with van der Waals surface area (Å²) in [5, 5.41) is 15.1. The standard InChI is InChI=1S/C11H16N4OS/c1-8-6-15-11(17-8)9(2)14-7-10(16)13-5-3-4-12/h6,9,14H,3,5,7H2,1-2H3,(H,13,16). The van der Waals surface area contributed by atoms with E-state index in [1.165, 1.54) is 0 Å². The summed E-state index contributed by atoms with van der Waals surface area (Å²) in [5.41, 5.74) is 0. The van der Waals surface area contributed by atoms with E-state index < -0.39 is 0 Å². The largest absolute Gasteiger partial charge is 0.354 e. The molecule has 0 fully saturated rings. The van der Waals surface area contributed by atoms with Crippen molar-refractivity contribution < 1.29 is 4.79 Å². The summed E-state index contributed by atoms with van der Waals surface area (Å²) in [5.74, 6) is -0.0969. The van der Waals surface area contributed by atoms with Gasteiger partial charge in [-0.15, -0.1) is 11.3 Å². The second-order valence-corrected chi connectivity index (χ2v) is 4.94. The third-order valence-corrected chi connectivity index (χ3v) is 3.23. The van der Waals surface area contributed by atoms with Crippen LogP contribution >= 0.6 is 11.3 Å². The Balaban J connectivity index is 2.26. The van der Waals surface area contributed by atoms with E-state index in [0.717, 1.165) is 9.88 Å². The van der Waals surface area contributed by atoms with Gasteiger partial charge in [-0.2, -0.15) is 5.26 Å². The smallest absolute Gasteiger partial charge is 0.234 e. The maximum Gasteiger partial charge on any atom is 0.234 e. The molecule has 1 amide bonds. The van der Waals surface area contributed by atoms with Crippen LogP contribution in [0.2, 0.25) is 0 Å². The molecule has 92 valence electrons. The third kappa shape index (κ3) is 4.93. The number of rotatable bonds is 6. The second-order valence-electron chi connectivity index (χ2n) is 3.67. The molecule has 1 aromatic heterocycles. The molecular weight excluding hydrogens is 236 g/mol. The Morgan fingerprint density at radius 2 is 2.47 bits per heavy atom. The van der Waals surface area contributed by atoms with Gasteiger partial charge in [-0.05, 0) is 13.8 Å². The first-order valence-corrected chi connectivity index (χ1v) is 6.24. The van der Waals surface area contributed by atoms with Crippen LogP contribution in [0.4, 0.5) is 0 Å². The highest BCUT2D eigenvalue weighted by Gasteiger charge is 2.10. The van der Waals surface area contributed by atoms with Crippen LogP contribution in [0.25, 0.3) is 0 Å². The minimum absolute atomic E-state index is 0.0652. The summed E-state index contributed by atoms with van der Waals surface area (Å²) in [7, 11) is 0. The highest BCUT2D eigenvalue weighted by molar-refractivity contribution is 7.11. The van der Waals surface area contributed by atoms with Crippen molar-refractivity contribution in [3.05, 3.63) is 16.1 Å². The maximum atomic E-state index is 11.4. The number of nitrogens with one attached hydrogen (secondary N) is 2. The number of aryl methyl sites for hydroxylation is 1. The Morgan fingerprint density at radius 3 is 3.06 bits per heavy atom. The molecule has 2 N–H and O–H groups in total. The summed E-state index contributed by atoms with van der Waals surface area (Å²) in [6, 6.07) is 2.04. The summed E-state index contributed by atoms with van der Waals surface area (Å²) in [6.45, 7) is 4.62. The predicted molar refractivity (Wildman–Crippen MR) is 66.5 cm³/mol. The van der Waals surface area contributed by atoms with E-state index in [-0.39, 0.29) is 18.5 Å². The lowest BCUT2D eigenvalue weighted by molar-refractivity contribution is -0.120. The number of hydrogen-bond acceptors (Lipinski definition) is 5. The average molecular weight is 252 g/mol. The van der Waals surface area contributed by atoms with Crippen molar-refractivity contribution in [2.24, 2.45) is 0 Å². The Hall–Kier alpha value is -1.45. The number of carbonyl (C=O) groups is 1. The number of nitriles is 1. The van der Waals surface area contributed by atoms with Gasteiger partial charge in [0.05, 0.1) is 25.1 Å². The monoisotopic (exact) mass is 252 g/mol.